The molecule has 2 bridgehead atoms. The second kappa shape index (κ2) is 6.71. The minimum absolute atomic E-state index is 0.0856. The van der Waals surface area contributed by atoms with Crippen LogP contribution in [-0.2, 0) is 15.8 Å². The Morgan fingerprint density at radius 3 is 2.52 bits per heavy atom. The van der Waals surface area contributed by atoms with Gasteiger partial charge in [0.1, 0.15) is 6.61 Å². The van der Waals surface area contributed by atoms with Gasteiger partial charge in [0.05, 0.1) is 12.1 Å². The third-order valence-electron chi connectivity index (χ3n) is 5.94. The van der Waals surface area contributed by atoms with Gasteiger partial charge in [-0.2, -0.15) is 0 Å². The SMILES string of the molecule is CC(C)(C)[Si](C)(C)O[C@@H]1[C@@H]2CN(C(=O)OCc3ccccc3)[C@H]1[C@@H]2Br. The molecule has 4 rings (SSSR count). The van der Waals surface area contributed by atoms with Crippen molar-refractivity contribution in [2.45, 2.75) is 62.5 Å². The third kappa shape index (κ3) is 3.53. The third-order valence-corrected chi connectivity index (χ3v) is 11.6. The molecule has 25 heavy (non-hydrogen) atoms. The summed E-state index contributed by atoms with van der Waals surface area (Å²) in [6.07, 6.45) is -0.100. The van der Waals surface area contributed by atoms with Gasteiger partial charge in [0, 0.05) is 17.3 Å². The van der Waals surface area contributed by atoms with Crippen LogP contribution in [0.2, 0.25) is 18.1 Å². The Morgan fingerprint density at radius 1 is 1.28 bits per heavy atom. The smallest absolute Gasteiger partial charge is 0.410 e. The van der Waals surface area contributed by atoms with Crippen molar-refractivity contribution < 1.29 is 14.0 Å². The summed E-state index contributed by atoms with van der Waals surface area (Å²) in [4.78, 5) is 14.7. The average Bonchev–Trinajstić information content (AvgIpc) is 3.09. The van der Waals surface area contributed by atoms with Crippen molar-refractivity contribution >= 4 is 30.3 Å². The van der Waals surface area contributed by atoms with Gasteiger partial charge in [-0.1, -0.05) is 67.0 Å². The van der Waals surface area contributed by atoms with Crippen LogP contribution in [0.3, 0.4) is 0 Å². The Bertz CT molecular complexity index is 631. The van der Waals surface area contributed by atoms with Crippen molar-refractivity contribution in [1.82, 2.24) is 4.90 Å². The van der Waals surface area contributed by atoms with E-state index in [0.29, 0.717) is 23.9 Å². The number of fused-ring (bicyclic) bond motifs is 1. The minimum Gasteiger partial charge on any atom is -0.445 e. The molecule has 4 nitrogen and oxygen atoms in total. The minimum atomic E-state index is -1.85. The second-order valence-electron chi connectivity index (χ2n) is 8.63. The molecule has 138 valence electrons. The Hall–Kier alpha value is -0.853. The molecule has 1 aliphatic carbocycles. The van der Waals surface area contributed by atoms with Crippen LogP contribution in [0.4, 0.5) is 4.79 Å². The van der Waals surface area contributed by atoms with Gasteiger partial charge in [0.25, 0.3) is 0 Å². The Kier molecular flexibility index (Phi) is 5.08. The lowest BCUT2D eigenvalue weighted by molar-refractivity contribution is 0.0334. The number of hydrogen-bond donors (Lipinski definition) is 0. The van der Waals surface area contributed by atoms with E-state index in [4.69, 9.17) is 9.16 Å². The highest BCUT2D eigenvalue weighted by atomic mass is 79.9. The van der Waals surface area contributed by atoms with Crippen LogP contribution in [0, 0.1) is 5.92 Å². The van der Waals surface area contributed by atoms with Gasteiger partial charge >= 0.3 is 6.09 Å². The summed E-state index contributed by atoms with van der Waals surface area (Å²) in [5, 5.41) is 0.169. The molecule has 4 atom stereocenters. The van der Waals surface area contributed by atoms with Crippen LogP contribution in [0.15, 0.2) is 30.3 Å². The number of carbonyl (C=O) groups excluding carboxylic acids is 1. The normalized spacial score (nSPS) is 28.6. The van der Waals surface area contributed by atoms with E-state index in [-0.39, 0.29) is 23.3 Å². The summed E-state index contributed by atoms with van der Waals surface area (Å²) in [6.45, 7) is 12.3. The number of hydrogen-bond acceptors (Lipinski definition) is 3. The molecular weight excluding hydrogens is 398 g/mol. The largest absolute Gasteiger partial charge is 0.445 e. The molecule has 1 saturated carbocycles. The molecule has 1 aromatic carbocycles. The van der Waals surface area contributed by atoms with Crippen LogP contribution in [0.5, 0.6) is 0 Å². The van der Waals surface area contributed by atoms with E-state index in [0.717, 1.165) is 5.56 Å². The van der Waals surface area contributed by atoms with Gasteiger partial charge in [-0.25, -0.2) is 4.79 Å². The first-order chi connectivity index (χ1) is 11.6. The van der Waals surface area contributed by atoms with Crippen LogP contribution in [0.1, 0.15) is 26.3 Å². The summed E-state index contributed by atoms with van der Waals surface area (Å²) in [6, 6.07) is 9.88. The first kappa shape index (κ1) is 18.9. The van der Waals surface area contributed by atoms with E-state index in [9.17, 15) is 4.79 Å². The van der Waals surface area contributed by atoms with E-state index in [1.165, 1.54) is 0 Å². The summed E-state index contributed by atoms with van der Waals surface area (Å²) in [5.74, 6) is 0.364. The van der Waals surface area contributed by atoms with E-state index < -0.39 is 8.32 Å². The molecule has 0 unspecified atom stereocenters. The number of halogens is 1. The zero-order valence-electron chi connectivity index (χ0n) is 15.7. The Labute approximate surface area is 160 Å². The van der Waals surface area contributed by atoms with Crippen LogP contribution in [-0.4, -0.2) is 42.8 Å². The molecule has 3 fully saturated rings. The number of benzene rings is 1. The molecule has 0 aromatic heterocycles. The first-order valence-corrected chi connectivity index (χ1v) is 12.7. The van der Waals surface area contributed by atoms with E-state index >= 15 is 0 Å². The number of alkyl halides is 1. The predicted octanol–water partition coefficient (Wildman–Crippen LogP) is 4.79. The molecule has 2 aliphatic heterocycles. The lowest BCUT2D eigenvalue weighted by atomic mass is 9.82. The molecule has 0 N–H and O–H groups in total. The van der Waals surface area contributed by atoms with Crippen molar-refractivity contribution in [3.05, 3.63) is 35.9 Å². The fourth-order valence-electron chi connectivity index (χ4n) is 3.30. The maximum Gasteiger partial charge on any atom is 0.410 e. The molecular formula is C19H28BrNO3Si. The first-order valence-electron chi connectivity index (χ1n) is 8.91. The molecule has 0 spiro atoms. The maximum atomic E-state index is 12.5. The standard InChI is InChI=1S/C19H28BrNO3Si/c1-19(2,3)25(4,5)24-17-14-11-21(16(17)15(14)20)18(22)23-12-13-9-7-6-8-10-13/h6-10,14-17H,11-12H2,1-5H3/t14-,15-,16+,17-/m1/s1. The van der Waals surface area contributed by atoms with Gasteiger partial charge in [0.15, 0.2) is 8.32 Å². The van der Waals surface area contributed by atoms with Gasteiger partial charge < -0.3 is 14.1 Å². The second-order valence-corrected chi connectivity index (χ2v) is 14.4. The van der Waals surface area contributed by atoms with Crippen molar-refractivity contribution in [3.8, 4) is 0 Å². The van der Waals surface area contributed by atoms with Gasteiger partial charge in [0.2, 0.25) is 0 Å². The molecule has 6 heteroatoms. The molecule has 1 aromatic rings. The number of nitrogens with zero attached hydrogens (tertiary/aromatic N) is 1. The topological polar surface area (TPSA) is 38.8 Å². The summed E-state index contributed by atoms with van der Waals surface area (Å²) >= 11 is 3.74. The Morgan fingerprint density at radius 2 is 1.92 bits per heavy atom. The number of ether oxygens (including phenoxy) is 1. The maximum absolute atomic E-state index is 12.5. The van der Waals surface area contributed by atoms with Crippen LogP contribution < -0.4 is 0 Å². The monoisotopic (exact) mass is 425 g/mol. The fourth-order valence-corrected chi connectivity index (χ4v) is 5.70. The summed E-state index contributed by atoms with van der Waals surface area (Å²) in [7, 11) is -1.85. The van der Waals surface area contributed by atoms with E-state index in [1.54, 1.807) is 0 Å². The molecule has 2 saturated heterocycles. The van der Waals surface area contributed by atoms with Crippen LogP contribution in [0.25, 0.3) is 0 Å². The summed E-state index contributed by atoms with van der Waals surface area (Å²) < 4.78 is 12.1. The Balaban J connectivity index is 1.61. The van der Waals surface area contributed by atoms with Gasteiger partial charge in [-0.3, -0.25) is 0 Å². The molecule has 0 radical (unpaired) electrons. The number of rotatable bonds is 4. The highest BCUT2D eigenvalue weighted by Crippen LogP contribution is 2.50. The van der Waals surface area contributed by atoms with Crippen molar-refractivity contribution in [2.24, 2.45) is 5.92 Å². The highest BCUT2D eigenvalue weighted by Gasteiger charge is 2.63. The molecule has 2 heterocycles. The van der Waals surface area contributed by atoms with Crippen molar-refractivity contribution in [1.29, 1.82) is 0 Å². The number of amides is 1. The lowest BCUT2D eigenvalue weighted by Crippen LogP contribution is -2.60. The summed E-state index contributed by atoms with van der Waals surface area (Å²) in [5.41, 5.74) is 1.01. The van der Waals surface area contributed by atoms with E-state index in [2.05, 4.69) is 49.8 Å². The van der Waals surface area contributed by atoms with Gasteiger partial charge in [-0.05, 0) is 23.7 Å². The lowest BCUT2D eigenvalue weighted by Gasteiger charge is -2.48. The van der Waals surface area contributed by atoms with Crippen molar-refractivity contribution in [2.75, 3.05) is 6.54 Å². The van der Waals surface area contributed by atoms with Crippen LogP contribution >= 0.6 is 15.9 Å². The van der Waals surface area contributed by atoms with E-state index in [1.807, 2.05) is 35.2 Å². The zero-order valence-corrected chi connectivity index (χ0v) is 18.2. The number of carbonyl (C=O) groups is 1. The zero-order chi connectivity index (χ0) is 18.4. The quantitative estimate of drug-likeness (QED) is 0.513. The van der Waals surface area contributed by atoms with Crippen molar-refractivity contribution in [3.63, 3.8) is 0 Å². The fraction of sp³-hybridized carbons (Fsp3) is 0.632. The average molecular weight is 426 g/mol. The van der Waals surface area contributed by atoms with Gasteiger partial charge in [-0.15, -0.1) is 0 Å². The molecule has 1 amide bonds. The molecule has 3 aliphatic rings. The predicted molar refractivity (Wildman–Crippen MR) is 105 cm³/mol. The highest BCUT2D eigenvalue weighted by molar-refractivity contribution is 9.09.